The molecule has 1 unspecified atom stereocenters. The summed E-state index contributed by atoms with van der Waals surface area (Å²) in [7, 11) is 0. The predicted octanol–water partition coefficient (Wildman–Crippen LogP) is 3.56. The normalized spacial score (nSPS) is 15.3. The van der Waals surface area contributed by atoms with Gasteiger partial charge in [0.1, 0.15) is 13.2 Å². The monoisotopic (exact) mass is 283 g/mol. The van der Waals surface area contributed by atoms with Gasteiger partial charge in [-0.1, -0.05) is 24.9 Å². The molecule has 1 aromatic rings. The predicted molar refractivity (Wildman–Crippen MR) is 78.3 cm³/mol. The minimum Gasteiger partial charge on any atom is -0.486 e. The Hall–Kier alpha value is -0.930. The molecule has 19 heavy (non-hydrogen) atoms. The number of ether oxygens (including phenoxy) is 2. The summed E-state index contributed by atoms with van der Waals surface area (Å²) in [5.41, 5.74) is 7.14. The second-order valence-electron chi connectivity index (χ2n) is 5.03. The Kier molecular flexibility index (Phi) is 5.34. The van der Waals surface area contributed by atoms with Crippen molar-refractivity contribution in [1.29, 1.82) is 0 Å². The van der Waals surface area contributed by atoms with Crippen LogP contribution < -0.4 is 15.2 Å². The number of hydrogen-bond acceptors (Lipinski definition) is 3. The Balaban J connectivity index is 1.93. The Morgan fingerprint density at radius 1 is 1.21 bits per heavy atom. The lowest BCUT2D eigenvalue weighted by atomic mass is 10.0. The number of nitrogens with two attached hydrogens (primary N) is 1. The molecule has 0 amide bonds. The quantitative estimate of drug-likeness (QED) is 0.868. The molecule has 0 aliphatic carbocycles. The SMILES string of the molecule is CCCC(N)CCCc1cc2c(cc1Cl)OCCO2. The fourth-order valence-corrected chi connectivity index (χ4v) is 2.62. The van der Waals surface area contributed by atoms with Gasteiger partial charge in [-0.3, -0.25) is 0 Å². The molecule has 1 aliphatic rings. The van der Waals surface area contributed by atoms with E-state index in [4.69, 9.17) is 26.8 Å². The molecule has 3 nitrogen and oxygen atoms in total. The second kappa shape index (κ2) is 7.01. The zero-order chi connectivity index (χ0) is 13.7. The summed E-state index contributed by atoms with van der Waals surface area (Å²) in [5.74, 6) is 1.56. The van der Waals surface area contributed by atoms with Crippen LogP contribution in [0.25, 0.3) is 0 Å². The van der Waals surface area contributed by atoms with Crippen molar-refractivity contribution in [2.24, 2.45) is 5.73 Å². The molecular formula is C15H22ClNO2. The lowest BCUT2D eigenvalue weighted by Crippen LogP contribution is -2.19. The van der Waals surface area contributed by atoms with Gasteiger partial charge in [0.25, 0.3) is 0 Å². The van der Waals surface area contributed by atoms with E-state index in [1.54, 1.807) is 0 Å². The number of halogens is 1. The molecule has 0 bridgehead atoms. The first kappa shape index (κ1) is 14.5. The van der Waals surface area contributed by atoms with E-state index in [0.29, 0.717) is 19.3 Å². The molecule has 2 N–H and O–H groups in total. The maximum absolute atomic E-state index is 6.27. The van der Waals surface area contributed by atoms with Crippen molar-refractivity contribution in [2.75, 3.05) is 13.2 Å². The minimum absolute atomic E-state index is 0.306. The van der Waals surface area contributed by atoms with E-state index in [2.05, 4.69) is 6.92 Å². The summed E-state index contributed by atoms with van der Waals surface area (Å²) in [6, 6.07) is 4.17. The van der Waals surface area contributed by atoms with Crippen LogP contribution in [0.2, 0.25) is 5.02 Å². The summed E-state index contributed by atoms with van der Waals surface area (Å²) in [6.45, 7) is 3.36. The van der Waals surface area contributed by atoms with Gasteiger partial charge in [-0.2, -0.15) is 0 Å². The summed E-state index contributed by atoms with van der Waals surface area (Å²) >= 11 is 6.27. The number of rotatable bonds is 6. The van der Waals surface area contributed by atoms with Gasteiger partial charge in [0.2, 0.25) is 0 Å². The van der Waals surface area contributed by atoms with Crippen LogP contribution in [-0.2, 0) is 6.42 Å². The molecular weight excluding hydrogens is 262 g/mol. The molecule has 0 saturated carbocycles. The molecule has 0 radical (unpaired) electrons. The van der Waals surface area contributed by atoms with Gasteiger partial charge in [0, 0.05) is 17.1 Å². The lowest BCUT2D eigenvalue weighted by molar-refractivity contribution is 0.171. The van der Waals surface area contributed by atoms with Crippen molar-refractivity contribution in [2.45, 2.75) is 45.1 Å². The van der Waals surface area contributed by atoms with Gasteiger partial charge >= 0.3 is 0 Å². The molecule has 0 spiro atoms. The number of fused-ring (bicyclic) bond motifs is 1. The van der Waals surface area contributed by atoms with E-state index in [0.717, 1.165) is 54.2 Å². The topological polar surface area (TPSA) is 44.5 Å². The fraction of sp³-hybridized carbons (Fsp3) is 0.600. The molecule has 1 aromatic carbocycles. The zero-order valence-electron chi connectivity index (χ0n) is 11.5. The van der Waals surface area contributed by atoms with Crippen LogP contribution in [0.4, 0.5) is 0 Å². The first-order chi connectivity index (χ1) is 9.20. The van der Waals surface area contributed by atoms with E-state index in [1.807, 2.05) is 12.1 Å². The van der Waals surface area contributed by atoms with Crippen LogP contribution in [-0.4, -0.2) is 19.3 Å². The number of aryl methyl sites for hydroxylation is 1. The first-order valence-electron chi connectivity index (χ1n) is 7.04. The van der Waals surface area contributed by atoms with E-state index >= 15 is 0 Å². The van der Waals surface area contributed by atoms with Crippen LogP contribution in [0.15, 0.2) is 12.1 Å². The molecule has 0 fully saturated rings. The van der Waals surface area contributed by atoms with E-state index in [-0.39, 0.29) is 0 Å². The number of benzene rings is 1. The van der Waals surface area contributed by atoms with Gasteiger partial charge in [-0.25, -0.2) is 0 Å². The minimum atomic E-state index is 0.306. The maximum atomic E-state index is 6.27. The molecule has 106 valence electrons. The van der Waals surface area contributed by atoms with Crippen LogP contribution in [0.5, 0.6) is 11.5 Å². The van der Waals surface area contributed by atoms with Crippen LogP contribution >= 0.6 is 11.6 Å². The van der Waals surface area contributed by atoms with Crippen molar-refractivity contribution < 1.29 is 9.47 Å². The van der Waals surface area contributed by atoms with Crippen molar-refractivity contribution in [3.8, 4) is 11.5 Å². The van der Waals surface area contributed by atoms with E-state index in [1.165, 1.54) is 0 Å². The molecule has 0 aromatic heterocycles. The summed E-state index contributed by atoms with van der Waals surface area (Å²) in [6.07, 6.45) is 5.27. The average molecular weight is 284 g/mol. The van der Waals surface area contributed by atoms with Crippen molar-refractivity contribution in [3.05, 3.63) is 22.7 Å². The third kappa shape index (κ3) is 4.02. The highest BCUT2D eigenvalue weighted by Gasteiger charge is 2.15. The first-order valence-corrected chi connectivity index (χ1v) is 7.42. The Morgan fingerprint density at radius 3 is 2.58 bits per heavy atom. The van der Waals surface area contributed by atoms with Gasteiger partial charge in [0.05, 0.1) is 0 Å². The van der Waals surface area contributed by atoms with E-state index < -0.39 is 0 Å². The van der Waals surface area contributed by atoms with Crippen LogP contribution in [0.3, 0.4) is 0 Å². The zero-order valence-corrected chi connectivity index (χ0v) is 12.2. The van der Waals surface area contributed by atoms with E-state index in [9.17, 15) is 0 Å². The van der Waals surface area contributed by atoms with Gasteiger partial charge in [-0.05, 0) is 37.3 Å². The number of hydrogen-bond donors (Lipinski definition) is 1. The largest absolute Gasteiger partial charge is 0.486 e. The Bertz CT molecular complexity index is 423. The smallest absolute Gasteiger partial charge is 0.162 e. The third-order valence-corrected chi connectivity index (χ3v) is 3.74. The fourth-order valence-electron chi connectivity index (χ4n) is 2.37. The highest BCUT2D eigenvalue weighted by atomic mass is 35.5. The molecule has 2 rings (SSSR count). The van der Waals surface area contributed by atoms with Gasteiger partial charge in [0.15, 0.2) is 11.5 Å². The van der Waals surface area contributed by atoms with Gasteiger partial charge < -0.3 is 15.2 Å². The van der Waals surface area contributed by atoms with Gasteiger partial charge in [-0.15, -0.1) is 0 Å². The Labute approximate surface area is 120 Å². The average Bonchev–Trinajstić information content (AvgIpc) is 2.39. The third-order valence-electron chi connectivity index (χ3n) is 3.39. The van der Waals surface area contributed by atoms with Crippen molar-refractivity contribution in [1.82, 2.24) is 0 Å². The molecule has 1 aliphatic heterocycles. The molecule has 4 heteroatoms. The second-order valence-corrected chi connectivity index (χ2v) is 5.44. The highest BCUT2D eigenvalue weighted by Crippen LogP contribution is 2.35. The van der Waals surface area contributed by atoms with Crippen molar-refractivity contribution in [3.63, 3.8) is 0 Å². The van der Waals surface area contributed by atoms with Crippen LogP contribution in [0, 0.1) is 0 Å². The highest BCUT2D eigenvalue weighted by molar-refractivity contribution is 6.31. The molecule has 0 saturated heterocycles. The van der Waals surface area contributed by atoms with Crippen molar-refractivity contribution >= 4 is 11.6 Å². The maximum Gasteiger partial charge on any atom is 0.162 e. The standard InChI is InChI=1S/C15H22ClNO2/c1-2-4-12(17)6-3-5-11-9-14-15(10-13(11)16)19-8-7-18-14/h9-10,12H,2-8,17H2,1H3. The molecule has 1 atom stereocenters. The van der Waals surface area contributed by atoms with Crippen LogP contribution in [0.1, 0.15) is 38.2 Å². The summed E-state index contributed by atoms with van der Waals surface area (Å²) in [4.78, 5) is 0. The summed E-state index contributed by atoms with van der Waals surface area (Å²) in [5, 5.41) is 0.758. The Morgan fingerprint density at radius 2 is 1.89 bits per heavy atom. The summed E-state index contributed by atoms with van der Waals surface area (Å²) < 4.78 is 11.1. The molecule has 1 heterocycles. The lowest BCUT2D eigenvalue weighted by Gasteiger charge is -2.20.